The highest BCUT2D eigenvalue weighted by Gasteiger charge is 2.33. The number of carbonyl (C=O) groups excluding carboxylic acids is 1. The number of hydrogen-bond acceptors (Lipinski definition) is 3. The molecule has 0 aromatic heterocycles. The van der Waals surface area contributed by atoms with E-state index < -0.39 is 0 Å². The molecular weight excluding hydrogens is 298 g/mol. The van der Waals surface area contributed by atoms with Crippen molar-refractivity contribution in [2.24, 2.45) is 11.8 Å². The lowest BCUT2D eigenvalue weighted by atomic mass is 9.90. The summed E-state index contributed by atoms with van der Waals surface area (Å²) in [4.78, 5) is 14.8. The van der Waals surface area contributed by atoms with E-state index in [1.807, 2.05) is 0 Å². The van der Waals surface area contributed by atoms with Crippen molar-refractivity contribution in [1.29, 1.82) is 0 Å². The van der Waals surface area contributed by atoms with Gasteiger partial charge in [0.2, 0.25) is 5.91 Å². The summed E-state index contributed by atoms with van der Waals surface area (Å²) in [5, 5.41) is 0. The highest BCUT2D eigenvalue weighted by atomic mass is 16.2. The monoisotopic (exact) mass is 329 g/mol. The fraction of sp³-hybridized carbons (Fsp3) is 0.650. The van der Waals surface area contributed by atoms with Crippen LogP contribution in [0.15, 0.2) is 30.3 Å². The topological polar surface area (TPSA) is 44.4 Å². The third kappa shape index (κ3) is 4.58. The van der Waals surface area contributed by atoms with Gasteiger partial charge in [-0.2, -0.15) is 0 Å². The van der Waals surface area contributed by atoms with Crippen molar-refractivity contribution >= 4 is 5.91 Å². The minimum absolute atomic E-state index is 0.0422. The number of rotatable bonds is 5. The lowest BCUT2D eigenvalue weighted by Crippen LogP contribution is -2.48. The van der Waals surface area contributed by atoms with Crippen LogP contribution in [0.25, 0.3) is 0 Å². The molecule has 2 unspecified atom stereocenters. The fourth-order valence-corrected chi connectivity index (χ4v) is 4.03. The Morgan fingerprint density at radius 1 is 1.17 bits per heavy atom. The number of nitrogens with one attached hydrogen (secondary N) is 2. The third-order valence-corrected chi connectivity index (χ3v) is 5.33. The SMILES string of the molecule is CC(C)CC1CC(C(=O)N2CCC(Cc3ccccc3)CC2)NN1. The molecular formula is C20H31N3O. The molecule has 0 aliphatic carbocycles. The molecule has 0 saturated carbocycles. The normalized spacial score (nSPS) is 25.4. The summed E-state index contributed by atoms with van der Waals surface area (Å²) in [7, 11) is 0. The first kappa shape index (κ1) is 17.4. The second-order valence-electron chi connectivity index (χ2n) is 7.86. The molecule has 132 valence electrons. The predicted octanol–water partition coefficient (Wildman–Crippen LogP) is 2.75. The predicted molar refractivity (Wildman–Crippen MR) is 97.4 cm³/mol. The minimum Gasteiger partial charge on any atom is -0.341 e. The maximum Gasteiger partial charge on any atom is 0.241 e. The Bertz CT molecular complexity index is 523. The van der Waals surface area contributed by atoms with Crippen LogP contribution in [-0.4, -0.2) is 36.0 Å². The minimum atomic E-state index is -0.0422. The molecule has 0 radical (unpaired) electrons. The highest BCUT2D eigenvalue weighted by molar-refractivity contribution is 5.82. The van der Waals surface area contributed by atoms with Gasteiger partial charge >= 0.3 is 0 Å². The molecule has 1 aromatic carbocycles. The highest BCUT2D eigenvalue weighted by Crippen LogP contribution is 2.23. The number of hydrazine groups is 1. The summed E-state index contributed by atoms with van der Waals surface area (Å²) in [6.45, 7) is 6.27. The van der Waals surface area contributed by atoms with Gasteiger partial charge in [0.25, 0.3) is 0 Å². The zero-order chi connectivity index (χ0) is 16.9. The lowest BCUT2D eigenvalue weighted by Gasteiger charge is -2.33. The van der Waals surface area contributed by atoms with Gasteiger partial charge in [0, 0.05) is 19.1 Å². The van der Waals surface area contributed by atoms with Crippen LogP contribution in [0.1, 0.15) is 45.1 Å². The van der Waals surface area contributed by atoms with Crippen molar-refractivity contribution in [3.8, 4) is 0 Å². The number of piperidine rings is 1. The Kier molecular flexibility index (Phi) is 5.90. The summed E-state index contributed by atoms with van der Waals surface area (Å²) in [6, 6.07) is 11.1. The molecule has 2 saturated heterocycles. The second kappa shape index (κ2) is 8.13. The summed E-state index contributed by atoms with van der Waals surface area (Å²) in [6.07, 6.45) is 5.42. The van der Waals surface area contributed by atoms with E-state index in [1.165, 1.54) is 5.56 Å². The first-order valence-corrected chi connectivity index (χ1v) is 9.45. The quantitative estimate of drug-likeness (QED) is 0.873. The molecule has 2 heterocycles. The Morgan fingerprint density at radius 3 is 2.54 bits per heavy atom. The van der Waals surface area contributed by atoms with Gasteiger partial charge in [-0.15, -0.1) is 0 Å². The number of hydrogen-bond donors (Lipinski definition) is 2. The van der Waals surface area contributed by atoms with E-state index >= 15 is 0 Å². The maximum atomic E-state index is 12.7. The first-order valence-electron chi connectivity index (χ1n) is 9.45. The summed E-state index contributed by atoms with van der Waals surface area (Å²) < 4.78 is 0. The Labute approximate surface area is 146 Å². The standard InChI is InChI=1S/C20H31N3O/c1-15(2)12-18-14-19(22-21-18)20(24)23-10-8-17(9-11-23)13-16-6-4-3-5-7-16/h3-7,15,17-19,21-22H,8-14H2,1-2H3. The molecule has 2 fully saturated rings. The van der Waals surface area contributed by atoms with E-state index in [-0.39, 0.29) is 11.9 Å². The van der Waals surface area contributed by atoms with Gasteiger partial charge in [-0.3, -0.25) is 10.2 Å². The molecule has 4 heteroatoms. The number of amides is 1. The molecule has 2 aliphatic rings. The van der Waals surface area contributed by atoms with Gasteiger partial charge < -0.3 is 4.90 Å². The molecule has 0 bridgehead atoms. The van der Waals surface area contributed by atoms with Crippen LogP contribution < -0.4 is 10.9 Å². The van der Waals surface area contributed by atoms with Crippen molar-refractivity contribution in [3.05, 3.63) is 35.9 Å². The third-order valence-electron chi connectivity index (χ3n) is 5.33. The Morgan fingerprint density at radius 2 is 1.88 bits per heavy atom. The maximum absolute atomic E-state index is 12.7. The first-order chi connectivity index (χ1) is 11.6. The molecule has 4 nitrogen and oxygen atoms in total. The van der Waals surface area contributed by atoms with Gasteiger partial charge in [-0.1, -0.05) is 44.2 Å². The molecule has 2 aliphatic heterocycles. The van der Waals surface area contributed by atoms with Crippen molar-refractivity contribution in [2.75, 3.05) is 13.1 Å². The van der Waals surface area contributed by atoms with E-state index in [0.717, 1.165) is 45.2 Å². The van der Waals surface area contributed by atoms with Crippen LogP contribution in [0.4, 0.5) is 0 Å². The summed E-state index contributed by atoms with van der Waals surface area (Å²) in [5.74, 6) is 1.65. The van der Waals surface area contributed by atoms with Gasteiger partial charge in [-0.05, 0) is 49.5 Å². The molecule has 1 amide bonds. The van der Waals surface area contributed by atoms with Crippen molar-refractivity contribution in [1.82, 2.24) is 15.8 Å². The van der Waals surface area contributed by atoms with Crippen molar-refractivity contribution < 1.29 is 4.79 Å². The van der Waals surface area contributed by atoms with Crippen LogP contribution in [0.3, 0.4) is 0 Å². The van der Waals surface area contributed by atoms with E-state index in [9.17, 15) is 4.79 Å². The number of likely N-dealkylation sites (tertiary alicyclic amines) is 1. The number of benzene rings is 1. The van der Waals surface area contributed by atoms with E-state index in [1.54, 1.807) is 0 Å². The summed E-state index contributed by atoms with van der Waals surface area (Å²) in [5.41, 5.74) is 7.94. The van der Waals surface area contributed by atoms with Gasteiger partial charge in [0.15, 0.2) is 0 Å². The van der Waals surface area contributed by atoms with E-state index in [4.69, 9.17) is 0 Å². The molecule has 1 aromatic rings. The van der Waals surface area contributed by atoms with Crippen LogP contribution >= 0.6 is 0 Å². The second-order valence-corrected chi connectivity index (χ2v) is 7.86. The van der Waals surface area contributed by atoms with Gasteiger partial charge in [0.1, 0.15) is 6.04 Å². The Hall–Kier alpha value is -1.39. The van der Waals surface area contributed by atoms with Gasteiger partial charge in [0.05, 0.1) is 0 Å². The molecule has 2 atom stereocenters. The average Bonchev–Trinajstić information content (AvgIpc) is 3.03. The van der Waals surface area contributed by atoms with Gasteiger partial charge in [-0.25, -0.2) is 5.43 Å². The van der Waals surface area contributed by atoms with Crippen LogP contribution in [0.5, 0.6) is 0 Å². The largest absolute Gasteiger partial charge is 0.341 e. The van der Waals surface area contributed by atoms with Crippen LogP contribution in [0.2, 0.25) is 0 Å². The zero-order valence-electron chi connectivity index (χ0n) is 15.0. The molecule has 3 rings (SSSR count). The smallest absolute Gasteiger partial charge is 0.241 e. The summed E-state index contributed by atoms with van der Waals surface area (Å²) >= 11 is 0. The van der Waals surface area contributed by atoms with Crippen molar-refractivity contribution in [2.45, 2.75) is 58.0 Å². The van der Waals surface area contributed by atoms with E-state index in [0.29, 0.717) is 17.9 Å². The van der Waals surface area contributed by atoms with Crippen molar-refractivity contribution in [3.63, 3.8) is 0 Å². The fourth-order valence-electron chi connectivity index (χ4n) is 4.03. The molecule has 0 spiro atoms. The average molecular weight is 329 g/mol. The Balaban J connectivity index is 1.44. The molecule has 2 N–H and O–H groups in total. The number of carbonyl (C=O) groups is 1. The number of nitrogens with zero attached hydrogens (tertiary/aromatic N) is 1. The lowest BCUT2D eigenvalue weighted by molar-refractivity contribution is -0.134. The van der Waals surface area contributed by atoms with Crippen LogP contribution in [-0.2, 0) is 11.2 Å². The zero-order valence-corrected chi connectivity index (χ0v) is 15.0. The van der Waals surface area contributed by atoms with E-state index in [2.05, 4.69) is 59.9 Å². The van der Waals surface area contributed by atoms with Crippen LogP contribution in [0, 0.1) is 11.8 Å². The molecule has 24 heavy (non-hydrogen) atoms.